The number of carbonyl (C=O) groups is 1. The minimum absolute atomic E-state index is 0.227. The van der Waals surface area contributed by atoms with Crippen molar-refractivity contribution in [2.24, 2.45) is 5.41 Å². The third-order valence-electron chi connectivity index (χ3n) is 4.65. The van der Waals surface area contributed by atoms with Crippen LogP contribution < -0.4 is 10.1 Å². The van der Waals surface area contributed by atoms with E-state index >= 15 is 0 Å². The molecule has 1 atom stereocenters. The number of methoxy groups -OCH3 is 1. The zero-order chi connectivity index (χ0) is 14.9. The first-order valence-corrected chi connectivity index (χ1v) is 7.77. The van der Waals surface area contributed by atoms with Gasteiger partial charge in [0.05, 0.1) is 12.5 Å². The quantitative estimate of drug-likeness (QED) is 0.903. The van der Waals surface area contributed by atoms with Crippen molar-refractivity contribution < 1.29 is 9.53 Å². The predicted octanol–water partition coefficient (Wildman–Crippen LogP) is 2.19. The molecule has 21 heavy (non-hydrogen) atoms. The highest BCUT2D eigenvalue weighted by molar-refractivity contribution is 5.83. The van der Waals surface area contributed by atoms with Crippen molar-refractivity contribution in [3.8, 4) is 5.75 Å². The lowest BCUT2D eigenvalue weighted by Crippen LogP contribution is -2.44. The molecule has 0 spiro atoms. The summed E-state index contributed by atoms with van der Waals surface area (Å²) in [6.07, 6.45) is 3.23. The molecular weight excluding hydrogens is 264 g/mol. The van der Waals surface area contributed by atoms with Gasteiger partial charge in [0, 0.05) is 19.1 Å². The molecule has 1 N–H and O–H groups in total. The average Bonchev–Trinajstić information content (AvgIpc) is 3.26. The van der Waals surface area contributed by atoms with Gasteiger partial charge in [0.1, 0.15) is 5.75 Å². The molecule has 0 aromatic heterocycles. The van der Waals surface area contributed by atoms with Crippen LogP contribution in [0.15, 0.2) is 24.3 Å². The van der Waals surface area contributed by atoms with E-state index in [9.17, 15) is 4.79 Å². The number of rotatable bonds is 5. The number of hydrogen-bond acceptors (Lipinski definition) is 3. The van der Waals surface area contributed by atoms with Gasteiger partial charge in [-0.05, 0) is 50.4 Å². The van der Waals surface area contributed by atoms with E-state index in [1.54, 1.807) is 7.11 Å². The second-order valence-electron chi connectivity index (χ2n) is 6.50. The van der Waals surface area contributed by atoms with Crippen molar-refractivity contribution in [3.05, 3.63) is 29.8 Å². The third kappa shape index (κ3) is 3.05. The molecule has 2 aliphatic rings. The maximum Gasteiger partial charge on any atom is 0.230 e. The highest BCUT2D eigenvalue weighted by atomic mass is 16.5. The molecule has 114 valence electrons. The van der Waals surface area contributed by atoms with Crippen molar-refractivity contribution in [2.45, 2.75) is 38.8 Å². The first-order valence-electron chi connectivity index (χ1n) is 7.77. The third-order valence-corrected chi connectivity index (χ3v) is 4.65. The van der Waals surface area contributed by atoms with Crippen LogP contribution in [-0.4, -0.2) is 37.0 Å². The van der Waals surface area contributed by atoms with Gasteiger partial charge in [0.2, 0.25) is 5.91 Å². The lowest BCUT2D eigenvalue weighted by Gasteiger charge is -2.31. The average molecular weight is 288 g/mol. The molecule has 1 aromatic carbocycles. The summed E-state index contributed by atoms with van der Waals surface area (Å²) >= 11 is 0. The summed E-state index contributed by atoms with van der Waals surface area (Å²) in [5, 5.41) is 3.32. The molecule has 1 unspecified atom stereocenters. The van der Waals surface area contributed by atoms with E-state index in [0.717, 1.165) is 38.1 Å². The zero-order valence-electron chi connectivity index (χ0n) is 12.9. The molecule has 3 rings (SSSR count). The molecule has 1 amide bonds. The lowest BCUT2D eigenvalue weighted by atomic mass is 9.88. The highest BCUT2D eigenvalue weighted by Crippen LogP contribution is 2.35. The van der Waals surface area contributed by atoms with Crippen LogP contribution in [0.25, 0.3) is 0 Å². The van der Waals surface area contributed by atoms with Crippen LogP contribution in [0, 0.1) is 5.41 Å². The van der Waals surface area contributed by atoms with Gasteiger partial charge in [-0.2, -0.15) is 0 Å². The van der Waals surface area contributed by atoms with Crippen molar-refractivity contribution in [1.29, 1.82) is 0 Å². The number of nitrogens with one attached hydrogen (secondary N) is 1. The Morgan fingerprint density at radius 3 is 2.62 bits per heavy atom. The Bertz CT molecular complexity index is 502. The maximum atomic E-state index is 12.9. The number of ether oxygens (including phenoxy) is 1. The molecule has 1 aliphatic carbocycles. The van der Waals surface area contributed by atoms with E-state index in [0.29, 0.717) is 18.5 Å². The van der Waals surface area contributed by atoms with Gasteiger partial charge in [0.15, 0.2) is 0 Å². The summed E-state index contributed by atoms with van der Waals surface area (Å²) in [4.78, 5) is 15.0. The summed E-state index contributed by atoms with van der Waals surface area (Å²) in [5.41, 5.74) is 0.945. The largest absolute Gasteiger partial charge is 0.497 e. The van der Waals surface area contributed by atoms with Crippen LogP contribution in [0.4, 0.5) is 0 Å². The summed E-state index contributed by atoms with van der Waals surface area (Å²) in [6.45, 7) is 4.56. The Kier molecular flexibility index (Phi) is 3.89. The second kappa shape index (κ2) is 5.68. The Labute approximate surface area is 126 Å². The number of nitrogens with zero attached hydrogens (tertiary/aromatic N) is 1. The minimum atomic E-state index is -0.227. The number of carbonyl (C=O) groups excluding carboxylic acids is 1. The van der Waals surface area contributed by atoms with E-state index in [-0.39, 0.29) is 5.41 Å². The fourth-order valence-electron chi connectivity index (χ4n) is 3.03. The monoisotopic (exact) mass is 288 g/mol. The highest BCUT2D eigenvalue weighted by Gasteiger charge is 2.43. The molecule has 1 heterocycles. The first kappa shape index (κ1) is 14.4. The molecule has 4 heteroatoms. The van der Waals surface area contributed by atoms with E-state index in [2.05, 4.69) is 29.3 Å². The smallest absolute Gasteiger partial charge is 0.230 e. The molecule has 1 saturated carbocycles. The van der Waals surface area contributed by atoms with Crippen molar-refractivity contribution in [2.75, 3.05) is 20.2 Å². The van der Waals surface area contributed by atoms with Crippen LogP contribution in [0.3, 0.4) is 0 Å². The minimum Gasteiger partial charge on any atom is -0.497 e. The Morgan fingerprint density at radius 2 is 2.10 bits per heavy atom. The Morgan fingerprint density at radius 1 is 1.38 bits per heavy atom. The number of hydrogen-bond donors (Lipinski definition) is 1. The molecule has 2 fully saturated rings. The molecule has 4 nitrogen and oxygen atoms in total. The van der Waals surface area contributed by atoms with Gasteiger partial charge in [-0.3, -0.25) is 4.79 Å². The van der Waals surface area contributed by atoms with Crippen LogP contribution in [0.1, 0.15) is 31.7 Å². The van der Waals surface area contributed by atoms with Crippen molar-refractivity contribution in [1.82, 2.24) is 10.2 Å². The van der Waals surface area contributed by atoms with Gasteiger partial charge < -0.3 is 15.0 Å². The predicted molar refractivity (Wildman–Crippen MR) is 82.2 cm³/mol. The van der Waals surface area contributed by atoms with E-state index in [1.165, 1.54) is 5.56 Å². The SMILES string of the molecule is COc1ccc(CN(C(=O)C2(C)CCNC2)C2CC2)cc1. The summed E-state index contributed by atoms with van der Waals surface area (Å²) in [6, 6.07) is 8.47. The molecular formula is C17H24N2O2. The van der Waals surface area contributed by atoms with Crippen molar-refractivity contribution in [3.63, 3.8) is 0 Å². The summed E-state index contributed by atoms with van der Waals surface area (Å²) in [7, 11) is 1.67. The molecule has 1 aromatic rings. The van der Waals surface area contributed by atoms with Crippen LogP contribution >= 0.6 is 0 Å². The van der Waals surface area contributed by atoms with Gasteiger partial charge in [-0.15, -0.1) is 0 Å². The maximum absolute atomic E-state index is 12.9. The van der Waals surface area contributed by atoms with Crippen LogP contribution in [-0.2, 0) is 11.3 Å². The summed E-state index contributed by atoms with van der Waals surface area (Å²) < 4.78 is 5.19. The number of benzene rings is 1. The van der Waals surface area contributed by atoms with E-state index < -0.39 is 0 Å². The normalized spacial score (nSPS) is 24.9. The standard InChI is InChI=1S/C17H24N2O2/c1-17(9-10-18-12-17)16(20)19(14-5-6-14)11-13-3-7-15(21-2)8-4-13/h3-4,7-8,14,18H,5-6,9-12H2,1-2H3. The van der Waals surface area contributed by atoms with E-state index in [4.69, 9.17) is 4.74 Å². The van der Waals surface area contributed by atoms with Crippen LogP contribution in [0.2, 0.25) is 0 Å². The Hall–Kier alpha value is -1.55. The first-order chi connectivity index (χ1) is 10.1. The number of amides is 1. The summed E-state index contributed by atoms with van der Waals surface area (Å²) in [5.74, 6) is 1.17. The molecule has 0 bridgehead atoms. The van der Waals surface area contributed by atoms with Crippen LogP contribution in [0.5, 0.6) is 5.75 Å². The molecule has 1 aliphatic heterocycles. The fraction of sp³-hybridized carbons (Fsp3) is 0.588. The zero-order valence-corrected chi connectivity index (χ0v) is 12.9. The van der Waals surface area contributed by atoms with E-state index in [1.807, 2.05) is 12.1 Å². The van der Waals surface area contributed by atoms with Crippen molar-refractivity contribution >= 4 is 5.91 Å². The molecule has 1 saturated heterocycles. The van der Waals surface area contributed by atoms with Gasteiger partial charge in [-0.1, -0.05) is 12.1 Å². The molecule has 0 radical (unpaired) electrons. The Balaban J connectivity index is 1.73. The van der Waals surface area contributed by atoms with Gasteiger partial charge in [0.25, 0.3) is 0 Å². The lowest BCUT2D eigenvalue weighted by molar-refractivity contribution is -0.141. The second-order valence-corrected chi connectivity index (χ2v) is 6.50. The topological polar surface area (TPSA) is 41.6 Å². The van der Waals surface area contributed by atoms with Gasteiger partial charge >= 0.3 is 0 Å². The fourth-order valence-corrected chi connectivity index (χ4v) is 3.03. The van der Waals surface area contributed by atoms with Gasteiger partial charge in [-0.25, -0.2) is 0 Å².